The van der Waals surface area contributed by atoms with Crippen LogP contribution in [0, 0.1) is 13.8 Å². The largest absolute Gasteiger partial charge is 0.350 e. The van der Waals surface area contributed by atoms with Crippen molar-refractivity contribution in [2.45, 2.75) is 32.7 Å². The van der Waals surface area contributed by atoms with Crippen molar-refractivity contribution in [3.63, 3.8) is 0 Å². The molecule has 1 aromatic carbocycles. The first-order valence-corrected chi connectivity index (χ1v) is 8.97. The van der Waals surface area contributed by atoms with Crippen LogP contribution >= 0.6 is 12.4 Å². The van der Waals surface area contributed by atoms with Gasteiger partial charge in [0.1, 0.15) is 0 Å². The standard InChI is InChI=1S/C20H22N4O2.ClH/c1-12-5-7-14(8-6-12)17-10-16(18-13(2)24-26-20(18)23-17)19(25)22-11-15-4-3-9-21-15;/h5-8,10,15,21H,3-4,9,11H2,1-2H3,(H,22,25);1H. The fraction of sp³-hybridized carbons (Fsp3) is 0.350. The number of nitrogens with one attached hydrogen (secondary N) is 2. The summed E-state index contributed by atoms with van der Waals surface area (Å²) in [5.74, 6) is -0.120. The van der Waals surface area contributed by atoms with Gasteiger partial charge >= 0.3 is 0 Å². The number of fused-ring (bicyclic) bond motifs is 1. The van der Waals surface area contributed by atoms with Gasteiger partial charge in [-0.1, -0.05) is 35.0 Å². The predicted molar refractivity (Wildman–Crippen MR) is 107 cm³/mol. The van der Waals surface area contributed by atoms with Crippen LogP contribution in [0.15, 0.2) is 34.9 Å². The van der Waals surface area contributed by atoms with Gasteiger partial charge in [-0.3, -0.25) is 4.79 Å². The number of pyridine rings is 1. The highest BCUT2D eigenvalue weighted by atomic mass is 35.5. The molecule has 3 aromatic rings. The summed E-state index contributed by atoms with van der Waals surface area (Å²) >= 11 is 0. The normalized spacial score (nSPS) is 16.3. The minimum absolute atomic E-state index is 0. The quantitative estimate of drug-likeness (QED) is 0.718. The van der Waals surface area contributed by atoms with Crippen molar-refractivity contribution < 1.29 is 9.32 Å². The molecule has 2 aromatic heterocycles. The molecule has 1 saturated heterocycles. The number of nitrogens with zero attached hydrogens (tertiary/aromatic N) is 2. The Labute approximate surface area is 164 Å². The van der Waals surface area contributed by atoms with E-state index in [1.807, 2.05) is 44.2 Å². The van der Waals surface area contributed by atoms with Gasteiger partial charge in [0.05, 0.1) is 22.3 Å². The molecule has 1 amide bonds. The van der Waals surface area contributed by atoms with E-state index < -0.39 is 0 Å². The Morgan fingerprint density at radius 2 is 2.07 bits per heavy atom. The molecular weight excluding hydrogens is 364 g/mol. The van der Waals surface area contributed by atoms with E-state index >= 15 is 0 Å². The van der Waals surface area contributed by atoms with Gasteiger partial charge in [0, 0.05) is 18.2 Å². The number of amides is 1. The van der Waals surface area contributed by atoms with Crippen molar-refractivity contribution in [1.29, 1.82) is 0 Å². The van der Waals surface area contributed by atoms with Crippen LogP contribution in [0.25, 0.3) is 22.4 Å². The highest BCUT2D eigenvalue weighted by molar-refractivity contribution is 6.07. The van der Waals surface area contributed by atoms with Crippen LogP contribution in [-0.2, 0) is 0 Å². The minimum atomic E-state index is -0.120. The van der Waals surface area contributed by atoms with Crippen molar-refractivity contribution in [2.24, 2.45) is 0 Å². The third-order valence-electron chi connectivity index (χ3n) is 4.88. The van der Waals surface area contributed by atoms with E-state index in [2.05, 4.69) is 20.8 Å². The molecule has 0 aliphatic carbocycles. The molecule has 0 bridgehead atoms. The number of rotatable bonds is 4. The fourth-order valence-corrected chi connectivity index (χ4v) is 3.39. The van der Waals surface area contributed by atoms with Crippen molar-refractivity contribution in [3.8, 4) is 11.3 Å². The Bertz CT molecular complexity index is 947. The molecule has 0 saturated carbocycles. The van der Waals surface area contributed by atoms with Gasteiger partial charge in [-0.15, -0.1) is 12.4 Å². The summed E-state index contributed by atoms with van der Waals surface area (Å²) in [7, 11) is 0. The Morgan fingerprint density at radius 3 is 2.78 bits per heavy atom. The third kappa shape index (κ3) is 3.96. The van der Waals surface area contributed by atoms with E-state index in [0.29, 0.717) is 40.6 Å². The Morgan fingerprint density at radius 1 is 1.30 bits per heavy atom. The Kier molecular flexibility index (Phi) is 5.77. The van der Waals surface area contributed by atoms with Gasteiger partial charge in [-0.2, -0.15) is 0 Å². The summed E-state index contributed by atoms with van der Waals surface area (Å²) in [6, 6.07) is 10.2. The maximum atomic E-state index is 12.9. The molecule has 4 rings (SSSR count). The second-order valence-corrected chi connectivity index (χ2v) is 6.87. The van der Waals surface area contributed by atoms with Gasteiger partial charge in [0.2, 0.25) is 0 Å². The third-order valence-corrected chi connectivity index (χ3v) is 4.88. The van der Waals surface area contributed by atoms with Crippen LogP contribution in [0.2, 0.25) is 0 Å². The first kappa shape index (κ1) is 19.3. The highest BCUT2D eigenvalue weighted by Crippen LogP contribution is 2.27. The van der Waals surface area contributed by atoms with Gasteiger partial charge in [0.25, 0.3) is 11.6 Å². The lowest BCUT2D eigenvalue weighted by Gasteiger charge is -2.12. The fourth-order valence-electron chi connectivity index (χ4n) is 3.39. The molecule has 27 heavy (non-hydrogen) atoms. The number of hydrogen-bond donors (Lipinski definition) is 2. The molecule has 142 valence electrons. The number of benzene rings is 1. The maximum Gasteiger partial charge on any atom is 0.259 e. The van der Waals surface area contributed by atoms with E-state index in [-0.39, 0.29) is 18.3 Å². The average molecular weight is 387 g/mol. The molecule has 0 radical (unpaired) electrons. The van der Waals surface area contributed by atoms with Crippen LogP contribution in [-0.4, -0.2) is 35.2 Å². The molecule has 1 aliphatic heterocycles. The van der Waals surface area contributed by atoms with Crippen molar-refractivity contribution in [1.82, 2.24) is 20.8 Å². The van der Waals surface area contributed by atoms with Gasteiger partial charge in [0.15, 0.2) is 0 Å². The van der Waals surface area contributed by atoms with Crippen molar-refractivity contribution in [2.75, 3.05) is 13.1 Å². The van der Waals surface area contributed by atoms with E-state index in [9.17, 15) is 4.79 Å². The summed E-state index contributed by atoms with van der Waals surface area (Å²) in [5.41, 5.74) is 4.45. The number of carbonyl (C=O) groups is 1. The molecule has 7 heteroatoms. The smallest absolute Gasteiger partial charge is 0.259 e. The molecule has 6 nitrogen and oxygen atoms in total. The zero-order chi connectivity index (χ0) is 18.1. The molecule has 1 unspecified atom stereocenters. The summed E-state index contributed by atoms with van der Waals surface area (Å²) in [4.78, 5) is 17.4. The van der Waals surface area contributed by atoms with Crippen LogP contribution < -0.4 is 10.6 Å². The summed E-state index contributed by atoms with van der Waals surface area (Å²) in [6.07, 6.45) is 2.25. The van der Waals surface area contributed by atoms with E-state index in [1.165, 1.54) is 5.56 Å². The average Bonchev–Trinajstić information content (AvgIpc) is 3.30. The molecule has 1 aliphatic rings. The maximum absolute atomic E-state index is 12.9. The van der Waals surface area contributed by atoms with Gasteiger partial charge in [-0.25, -0.2) is 4.98 Å². The zero-order valence-corrected chi connectivity index (χ0v) is 16.2. The minimum Gasteiger partial charge on any atom is -0.350 e. The SMILES string of the molecule is Cc1ccc(-c2cc(C(=O)NCC3CCCN3)c3c(C)noc3n2)cc1.Cl. The van der Waals surface area contributed by atoms with Crippen molar-refractivity contribution >= 4 is 29.4 Å². The van der Waals surface area contributed by atoms with Crippen LogP contribution in [0.1, 0.15) is 34.5 Å². The number of aryl methyl sites for hydroxylation is 2. The number of halogens is 1. The molecule has 1 atom stereocenters. The molecule has 0 spiro atoms. The topological polar surface area (TPSA) is 80.0 Å². The first-order chi connectivity index (χ1) is 12.6. The van der Waals surface area contributed by atoms with Crippen molar-refractivity contribution in [3.05, 3.63) is 47.2 Å². The van der Waals surface area contributed by atoms with Crippen LogP contribution in [0.4, 0.5) is 0 Å². The van der Waals surface area contributed by atoms with Gasteiger partial charge in [-0.05, 0) is 39.3 Å². The highest BCUT2D eigenvalue weighted by Gasteiger charge is 2.21. The van der Waals surface area contributed by atoms with E-state index in [1.54, 1.807) is 0 Å². The summed E-state index contributed by atoms with van der Waals surface area (Å²) < 4.78 is 5.35. The van der Waals surface area contributed by atoms with Crippen LogP contribution in [0.3, 0.4) is 0 Å². The lowest BCUT2D eigenvalue weighted by molar-refractivity contribution is 0.0952. The Hall–Kier alpha value is -2.44. The van der Waals surface area contributed by atoms with Crippen LogP contribution in [0.5, 0.6) is 0 Å². The lowest BCUT2D eigenvalue weighted by Crippen LogP contribution is -2.37. The molecule has 3 heterocycles. The second kappa shape index (κ2) is 8.06. The van der Waals surface area contributed by atoms with Gasteiger partial charge < -0.3 is 15.2 Å². The van der Waals surface area contributed by atoms with E-state index in [4.69, 9.17) is 4.52 Å². The first-order valence-electron chi connectivity index (χ1n) is 8.97. The lowest BCUT2D eigenvalue weighted by atomic mass is 10.0. The molecule has 1 fully saturated rings. The van der Waals surface area contributed by atoms with E-state index in [0.717, 1.165) is 24.9 Å². The number of carbonyl (C=O) groups excluding carboxylic acids is 1. The molecular formula is C20H23ClN4O2. The zero-order valence-electron chi connectivity index (χ0n) is 15.4. The molecule has 2 N–H and O–H groups in total. The summed E-state index contributed by atoms with van der Waals surface area (Å²) in [6.45, 7) is 5.50. The predicted octanol–water partition coefficient (Wildman–Crippen LogP) is 3.41. The summed E-state index contributed by atoms with van der Waals surface area (Å²) in [5, 5.41) is 11.1. The number of aromatic nitrogens is 2. The monoisotopic (exact) mass is 386 g/mol. The number of hydrogen-bond acceptors (Lipinski definition) is 5. The second-order valence-electron chi connectivity index (χ2n) is 6.87. The Balaban J connectivity index is 0.00000210.